The Kier molecular flexibility index (Phi) is 8.95. The van der Waals surface area contributed by atoms with Gasteiger partial charge in [0.1, 0.15) is 24.0 Å². The van der Waals surface area contributed by atoms with E-state index >= 15 is 0 Å². The maximum atomic E-state index is 12.8. The largest absolute Gasteiger partial charge is 0.490 e. The van der Waals surface area contributed by atoms with Crippen LogP contribution < -0.4 is 15.2 Å². The fraction of sp³-hybridized carbons (Fsp3) is 0.280. The average molecular weight is 582 g/mol. The van der Waals surface area contributed by atoms with Crippen LogP contribution in [-0.2, 0) is 20.9 Å². The Balaban J connectivity index is 2.06. The summed E-state index contributed by atoms with van der Waals surface area (Å²) in [7, 11) is 0. The Morgan fingerprint density at radius 1 is 1.17 bits per heavy atom. The Morgan fingerprint density at radius 3 is 2.54 bits per heavy atom. The predicted octanol–water partition coefficient (Wildman–Crippen LogP) is 6.38. The third-order valence-electron chi connectivity index (χ3n) is 5.13. The van der Waals surface area contributed by atoms with E-state index in [-0.39, 0.29) is 36.0 Å². The zero-order valence-corrected chi connectivity index (χ0v) is 22.4. The molecule has 7 nitrogen and oxygen atoms in total. The summed E-state index contributed by atoms with van der Waals surface area (Å²) >= 11 is 15.7. The van der Waals surface area contributed by atoms with Crippen LogP contribution in [0.4, 0.5) is 0 Å². The molecular formula is C25H23BrCl2N2O5. The number of nitrogens with zero attached hydrogens (tertiary/aromatic N) is 1. The molecule has 1 heterocycles. The maximum absolute atomic E-state index is 12.8. The second-order valence-corrected chi connectivity index (χ2v) is 9.08. The molecule has 1 atom stereocenters. The van der Waals surface area contributed by atoms with Crippen LogP contribution >= 0.6 is 39.1 Å². The first-order valence-electron chi connectivity index (χ1n) is 10.7. The molecule has 0 fully saturated rings. The van der Waals surface area contributed by atoms with E-state index in [0.29, 0.717) is 38.2 Å². The van der Waals surface area contributed by atoms with Crippen molar-refractivity contribution < 1.29 is 23.7 Å². The van der Waals surface area contributed by atoms with Crippen LogP contribution in [-0.4, -0.2) is 19.2 Å². The van der Waals surface area contributed by atoms with Gasteiger partial charge < -0.3 is 24.7 Å². The summed E-state index contributed by atoms with van der Waals surface area (Å²) in [5.41, 5.74) is 7.68. The van der Waals surface area contributed by atoms with Crippen molar-refractivity contribution in [2.24, 2.45) is 5.73 Å². The molecular weight excluding hydrogens is 559 g/mol. The zero-order valence-electron chi connectivity index (χ0n) is 19.3. The Labute approximate surface area is 222 Å². The number of benzene rings is 2. The van der Waals surface area contributed by atoms with E-state index in [9.17, 15) is 10.1 Å². The molecule has 0 saturated carbocycles. The molecule has 184 valence electrons. The van der Waals surface area contributed by atoms with Crippen LogP contribution in [0.2, 0.25) is 10.0 Å². The quantitative estimate of drug-likeness (QED) is 0.361. The smallest absolute Gasteiger partial charge is 0.338 e. The fourth-order valence-corrected chi connectivity index (χ4v) is 4.53. The Morgan fingerprint density at radius 2 is 1.91 bits per heavy atom. The topological polar surface area (TPSA) is 104 Å². The monoisotopic (exact) mass is 580 g/mol. The number of halogens is 3. The van der Waals surface area contributed by atoms with Crippen molar-refractivity contribution in [3.05, 3.63) is 78.8 Å². The molecule has 0 amide bonds. The summed E-state index contributed by atoms with van der Waals surface area (Å²) in [5, 5.41) is 10.7. The molecule has 0 saturated heterocycles. The van der Waals surface area contributed by atoms with Crippen molar-refractivity contribution in [1.29, 1.82) is 5.26 Å². The van der Waals surface area contributed by atoms with Gasteiger partial charge in [-0.2, -0.15) is 5.26 Å². The minimum atomic E-state index is -0.813. The standard InChI is InChI=1S/C25H23BrCl2N2O5/c1-4-32-20-10-15(9-17(26)23(20)34-12-14-6-7-18(27)19(28)8-14)22-16(11-29)24(30)35-13(3)21(22)25(31)33-5-2/h6-10,22H,4-5,12,30H2,1-3H3. The zero-order chi connectivity index (χ0) is 25.7. The van der Waals surface area contributed by atoms with E-state index in [0.717, 1.165) is 5.56 Å². The lowest BCUT2D eigenvalue weighted by Gasteiger charge is -2.27. The van der Waals surface area contributed by atoms with Gasteiger partial charge in [-0.15, -0.1) is 0 Å². The van der Waals surface area contributed by atoms with Crippen LogP contribution in [0, 0.1) is 11.3 Å². The molecule has 2 aromatic carbocycles. The summed E-state index contributed by atoms with van der Waals surface area (Å²) in [4.78, 5) is 12.8. The molecule has 1 aliphatic rings. The van der Waals surface area contributed by atoms with E-state index in [1.54, 1.807) is 38.1 Å². The Hall–Kier alpha value is -2.86. The Bertz CT molecular complexity index is 1250. The molecule has 0 spiro atoms. The second kappa shape index (κ2) is 11.7. The number of nitriles is 1. The minimum absolute atomic E-state index is 0.0722. The lowest BCUT2D eigenvalue weighted by atomic mass is 9.83. The van der Waals surface area contributed by atoms with E-state index in [1.807, 2.05) is 13.0 Å². The van der Waals surface area contributed by atoms with E-state index in [1.165, 1.54) is 0 Å². The van der Waals surface area contributed by atoms with Crippen molar-refractivity contribution in [2.45, 2.75) is 33.3 Å². The van der Waals surface area contributed by atoms with Gasteiger partial charge in [0.2, 0.25) is 5.88 Å². The van der Waals surface area contributed by atoms with Crippen LogP contribution in [0.5, 0.6) is 11.5 Å². The van der Waals surface area contributed by atoms with Gasteiger partial charge >= 0.3 is 5.97 Å². The highest BCUT2D eigenvalue weighted by Crippen LogP contribution is 2.45. The molecule has 2 N–H and O–H groups in total. The summed E-state index contributed by atoms with van der Waals surface area (Å²) < 4.78 is 23.2. The molecule has 0 aliphatic carbocycles. The highest BCUT2D eigenvalue weighted by molar-refractivity contribution is 9.10. The fourth-order valence-electron chi connectivity index (χ4n) is 3.63. The van der Waals surface area contributed by atoms with Crippen LogP contribution in [0.3, 0.4) is 0 Å². The molecule has 3 rings (SSSR count). The van der Waals surface area contributed by atoms with E-state index in [2.05, 4.69) is 22.0 Å². The number of nitrogens with two attached hydrogens (primary N) is 1. The first-order valence-corrected chi connectivity index (χ1v) is 12.2. The van der Waals surface area contributed by atoms with E-state index < -0.39 is 11.9 Å². The van der Waals surface area contributed by atoms with Crippen molar-refractivity contribution in [1.82, 2.24) is 0 Å². The van der Waals surface area contributed by atoms with Gasteiger partial charge in [0.15, 0.2) is 11.5 Å². The summed E-state index contributed by atoms with van der Waals surface area (Å²) in [6.45, 7) is 5.87. The predicted molar refractivity (Wildman–Crippen MR) is 136 cm³/mol. The van der Waals surface area contributed by atoms with Crippen molar-refractivity contribution in [3.8, 4) is 17.6 Å². The lowest BCUT2D eigenvalue weighted by molar-refractivity contribution is -0.139. The number of carbonyl (C=O) groups is 1. The van der Waals surface area contributed by atoms with Crippen LogP contribution in [0.15, 0.2) is 57.6 Å². The summed E-state index contributed by atoms with van der Waals surface area (Å²) in [6, 6.07) is 10.8. The van der Waals surface area contributed by atoms with Gasteiger partial charge in [-0.3, -0.25) is 0 Å². The molecule has 0 radical (unpaired) electrons. The number of esters is 1. The van der Waals surface area contributed by atoms with Crippen LogP contribution in [0.1, 0.15) is 37.8 Å². The second-order valence-electron chi connectivity index (χ2n) is 7.42. The van der Waals surface area contributed by atoms with Gasteiger partial charge in [0, 0.05) is 0 Å². The van der Waals surface area contributed by atoms with Crippen molar-refractivity contribution in [2.75, 3.05) is 13.2 Å². The highest BCUT2D eigenvalue weighted by atomic mass is 79.9. The third kappa shape index (κ3) is 5.87. The average Bonchev–Trinajstić information content (AvgIpc) is 2.80. The summed E-state index contributed by atoms with van der Waals surface area (Å²) in [6.07, 6.45) is 0. The van der Waals surface area contributed by atoms with Gasteiger partial charge in [-0.05, 0) is 72.1 Å². The number of rotatable bonds is 8. The number of hydrogen-bond acceptors (Lipinski definition) is 7. The van der Waals surface area contributed by atoms with Gasteiger partial charge in [0.25, 0.3) is 0 Å². The molecule has 35 heavy (non-hydrogen) atoms. The number of carbonyl (C=O) groups excluding carboxylic acids is 1. The van der Waals surface area contributed by atoms with Crippen molar-refractivity contribution >= 4 is 45.1 Å². The molecule has 10 heteroatoms. The normalized spacial score (nSPS) is 15.4. The molecule has 1 aliphatic heterocycles. The third-order valence-corrected chi connectivity index (χ3v) is 6.46. The van der Waals surface area contributed by atoms with Crippen LogP contribution in [0.25, 0.3) is 0 Å². The molecule has 2 aromatic rings. The van der Waals surface area contributed by atoms with Gasteiger partial charge in [0.05, 0.1) is 39.2 Å². The SMILES string of the molecule is CCOC(=O)C1=C(C)OC(N)=C(C#N)C1c1cc(Br)c(OCc2ccc(Cl)c(Cl)c2)c(OCC)c1. The minimum Gasteiger partial charge on any atom is -0.490 e. The maximum Gasteiger partial charge on any atom is 0.338 e. The number of allylic oxidation sites excluding steroid dienone is 2. The van der Waals surface area contributed by atoms with Gasteiger partial charge in [-0.25, -0.2) is 4.79 Å². The molecule has 1 unspecified atom stereocenters. The molecule has 0 bridgehead atoms. The van der Waals surface area contributed by atoms with Gasteiger partial charge in [-0.1, -0.05) is 29.3 Å². The first-order chi connectivity index (χ1) is 16.7. The first kappa shape index (κ1) is 26.7. The van der Waals surface area contributed by atoms with Crippen molar-refractivity contribution in [3.63, 3.8) is 0 Å². The number of ether oxygens (including phenoxy) is 4. The lowest BCUT2D eigenvalue weighted by Crippen LogP contribution is -2.25. The van der Waals surface area contributed by atoms with E-state index in [4.69, 9.17) is 47.9 Å². The number of hydrogen-bond donors (Lipinski definition) is 1. The highest BCUT2D eigenvalue weighted by Gasteiger charge is 2.37. The molecule has 0 aromatic heterocycles. The summed E-state index contributed by atoms with van der Waals surface area (Å²) in [5.74, 6) is -0.351.